The van der Waals surface area contributed by atoms with E-state index in [9.17, 15) is 9.59 Å². The number of amides is 2. The number of nitrogens with one attached hydrogen (secondary N) is 1. The van der Waals surface area contributed by atoms with E-state index in [2.05, 4.69) is 5.32 Å². The summed E-state index contributed by atoms with van der Waals surface area (Å²) in [6, 6.07) is 20.4. The van der Waals surface area contributed by atoms with Crippen LogP contribution in [0.4, 0.5) is 11.4 Å². The van der Waals surface area contributed by atoms with Crippen LogP contribution in [0.5, 0.6) is 5.75 Å². The summed E-state index contributed by atoms with van der Waals surface area (Å²) in [5.74, 6) is -0.0714. The van der Waals surface area contributed by atoms with Gasteiger partial charge in [0.05, 0.1) is 18.4 Å². The van der Waals surface area contributed by atoms with Gasteiger partial charge in [-0.15, -0.1) is 0 Å². The van der Waals surface area contributed by atoms with Crippen LogP contribution in [0.3, 0.4) is 0 Å². The molecule has 0 atom stereocenters. The van der Waals surface area contributed by atoms with Crippen LogP contribution >= 0.6 is 0 Å². The van der Waals surface area contributed by atoms with Crippen molar-refractivity contribution in [2.45, 2.75) is 20.8 Å². The van der Waals surface area contributed by atoms with Gasteiger partial charge >= 0.3 is 0 Å². The van der Waals surface area contributed by atoms with Gasteiger partial charge in [-0.05, 0) is 61.7 Å². The standard InChI is InChI=1S/C26H24N2O3/c1-16-8-12-21(13-9-16)28-25(29)23(19-11-10-17(2)18(3)14-19)24(26(28)30)27-20-6-5-7-22(15-20)31-4/h5-15,27H,1-4H3. The number of rotatable bonds is 5. The minimum atomic E-state index is -0.384. The fraction of sp³-hybridized carbons (Fsp3) is 0.154. The zero-order valence-electron chi connectivity index (χ0n) is 18.0. The number of hydrogen-bond donors (Lipinski definition) is 1. The average molecular weight is 412 g/mol. The molecular weight excluding hydrogens is 388 g/mol. The third kappa shape index (κ3) is 3.82. The van der Waals surface area contributed by atoms with E-state index < -0.39 is 0 Å². The summed E-state index contributed by atoms with van der Waals surface area (Å²) in [5, 5.41) is 3.18. The number of hydrogen-bond acceptors (Lipinski definition) is 4. The monoisotopic (exact) mass is 412 g/mol. The molecule has 2 amide bonds. The lowest BCUT2D eigenvalue weighted by atomic mass is 9.99. The van der Waals surface area contributed by atoms with Crippen molar-refractivity contribution < 1.29 is 14.3 Å². The number of aryl methyl sites for hydroxylation is 3. The van der Waals surface area contributed by atoms with Gasteiger partial charge < -0.3 is 10.1 Å². The Morgan fingerprint density at radius 1 is 0.806 bits per heavy atom. The van der Waals surface area contributed by atoms with Crippen molar-refractivity contribution in [3.63, 3.8) is 0 Å². The Morgan fingerprint density at radius 3 is 2.23 bits per heavy atom. The quantitative estimate of drug-likeness (QED) is 0.598. The van der Waals surface area contributed by atoms with Crippen molar-refractivity contribution in [3.8, 4) is 5.75 Å². The molecule has 5 heteroatoms. The second-order valence-corrected chi connectivity index (χ2v) is 7.69. The van der Waals surface area contributed by atoms with Crippen LogP contribution in [-0.4, -0.2) is 18.9 Å². The molecule has 31 heavy (non-hydrogen) atoms. The normalized spacial score (nSPS) is 13.7. The second-order valence-electron chi connectivity index (χ2n) is 7.69. The number of nitrogens with zero attached hydrogens (tertiary/aromatic N) is 1. The van der Waals surface area contributed by atoms with Gasteiger partial charge in [-0.25, -0.2) is 4.90 Å². The Hall–Kier alpha value is -3.86. The molecule has 1 aliphatic heterocycles. The Labute approximate surface area is 182 Å². The molecule has 0 aromatic heterocycles. The highest BCUT2D eigenvalue weighted by Gasteiger charge is 2.40. The Kier molecular flexibility index (Phi) is 5.34. The molecule has 0 radical (unpaired) electrons. The van der Waals surface area contributed by atoms with Crippen molar-refractivity contribution in [2.24, 2.45) is 0 Å². The number of carbonyl (C=O) groups excluding carboxylic acids is 2. The summed E-state index contributed by atoms with van der Waals surface area (Å²) in [6.45, 7) is 5.97. The molecule has 1 aliphatic rings. The molecule has 4 rings (SSSR count). The Balaban J connectivity index is 1.83. The van der Waals surface area contributed by atoms with E-state index in [-0.39, 0.29) is 17.5 Å². The van der Waals surface area contributed by atoms with Crippen molar-refractivity contribution >= 4 is 28.8 Å². The molecule has 1 N–H and O–H groups in total. The third-order valence-corrected chi connectivity index (χ3v) is 5.51. The van der Waals surface area contributed by atoms with Crippen LogP contribution in [0.25, 0.3) is 5.57 Å². The van der Waals surface area contributed by atoms with Gasteiger partial charge in [-0.2, -0.15) is 0 Å². The van der Waals surface area contributed by atoms with Crippen LogP contribution in [0, 0.1) is 20.8 Å². The fourth-order valence-corrected chi connectivity index (χ4v) is 3.58. The van der Waals surface area contributed by atoms with Crippen LogP contribution in [0.15, 0.2) is 72.4 Å². The first-order valence-corrected chi connectivity index (χ1v) is 10.1. The topological polar surface area (TPSA) is 58.6 Å². The Bertz CT molecular complexity index is 1210. The first kappa shape index (κ1) is 20.4. The van der Waals surface area contributed by atoms with Crippen molar-refractivity contribution in [1.29, 1.82) is 0 Å². The summed E-state index contributed by atoms with van der Waals surface area (Å²) in [5.41, 5.74) is 5.77. The van der Waals surface area contributed by atoms with Crippen molar-refractivity contribution in [1.82, 2.24) is 0 Å². The molecule has 0 spiro atoms. The maximum atomic E-state index is 13.5. The molecule has 156 valence electrons. The summed E-state index contributed by atoms with van der Waals surface area (Å²) < 4.78 is 5.29. The van der Waals surface area contributed by atoms with E-state index in [0.717, 1.165) is 16.7 Å². The summed E-state index contributed by atoms with van der Waals surface area (Å²) >= 11 is 0. The minimum absolute atomic E-state index is 0.252. The molecule has 0 unspecified atom stereocenters. The highest BCUT2D eigenvalue weighted by molar-refractivity contribution is 6.46. The second kappa shape index (κ2) is 8.11. The van der Waals surface area contributed by atoms with E-state index in [4.69, 9.17) is 4.74 Å². The zero-order valence-corrected chi connectivity index (χ0v) is 18.0. The Morgan fingerprint density at radius 2 is 1.55 bits per heavy atom. The van der Waals surface area contributed by atoms with Crippen LogP contribution in [0.1, 0.15) is 22.3 Å². The SMILES string of the molecule is COc1cccc(NC2=C(c3ccc(C)c(C)c3)C(=O)N(c3ccc(C)cc3)C2=O)c1. The summed E-state index contributed by atoms with van der Waals surface area (Å²) in [4.78, 5) is 28.2. The predicted molar refractivity (Wildman–Crippen MR) is 123 cm³/mol. The number of imide groups is 1. The lowest BCUT2D eigenvalue weighted by Crippen LogP contribution is -2.32. The van der Waals surface area contributed by atoms with Gasteiger partial charge in [0.2, 0.25) is 0 Å². The molecule has 5 nitrogen and oxygen atoms in total. The summed E-state index contributed by atoms with van der Waals surface area (Å²) in [6.07, 6.45) is 0. The maximum absolute atomic E-state index is 13.5. The van der Waals surface area contributed by atoms with Gasteiger partial charge in [0, 0.05) is 11.8 Å². The molecule has 1 heterocycles. The third-order valence-electron chi connectivity index (χ3n) is 5.51. The first-order valence-electron chi connectivity index (χ1n) is 10.1. The lowest BCUT2D eigenvalue weighted by Gasteiger charge is -2.16. The largest absolute Gasteiger partial charge is 0.497 e. The van der Waals surface area contributed by atoms with E-state index in [1.54, 1.807) is 25.3 Å². The highest BCUT2D eigenvalue weighted by atomic mass is 16.5. The van der Waals surface area contributed by atoms with Crippen LogP contribution in [0.2, 0.25) is 0 Å². The number of benzene rings is 3. The highest BCUT2D eigenvalue weighted by Crippen LogP contribution is 2.34. The van der Waals surface area contributed by atoms with E-state index in [0.29, 0.717) is 28.3 Å². The molecule has 3 aromatic rings. The maximum Gasteiger partial charge on any atom is 0.282 e. The molecular formula is C26H24N2O3. The van der Waals surface area contributed by atoms with Gasteiger partial charge in [0.25, 0.3) is 11.8 Å². The average Bonchev–Trinajstić information content (AvgIpc) is 3.00. The van der Waals surface area contributed by atoms with Gasteiger partial charge in [0.1, 0.15) is 11.4 Å². The molecule has 0 saturated carbocycles. The van der Waals surface area contributed by atoms with Crippen molar-refractivity contribution in [3.05, 3.63) is 94.7 Å². The summed E-state index contributed by atoms with van der Waals surface area (Å²) in [7, 11) is 1.59. The molecule has 0 fully saturated rings. The van der Waals surface area contributed by atoms with E-state index in [1.807, 2.05) is 69.3 Å². The molecule has 0 aliphatic carbocycles. The van der Waals surface area contributed by atoms with Gasteiger partial charge in [-0.3, -0.25) is 9.59 Å². The first-order chi connectivity index (χ1) is 14.9. The number of anilines is 2. The van der Waals surface area contributed by atoms with Gasteiger partial charge in [0.15, 0.2) is 0 Å². The fourth-order valence-electron chi connectivity index (χ4n) is 3.58. The van der Waals surface area contributed by atoms with E-state index >= 15 is 0 Å². The zero-order chi connectivity index (χ0) is 22.1. The number of ether oxygens (including phenoxy) is 1. The van der Waals surface area contributed by atoms with Crippen molar-refractivity contribution in [2.75, 3.05) is 17.3 Å². The molecule has 0 bridgehead atoms. The predicted octanol–water partition coefficient (Wildman–Crippen LogP) is 5.02. The minimum Gasteiger partial charge on any atom is -0.497 e. The number of carbonyl (C=O) groups is 2. The smallest absolute Gasteiger partial charge is 0.282 e. The van der Waals surface area contributed by atoms with Gasteiger partial charge in [-0.1, -0.05) is 42.0 Å². The van der Waals surface area contributed by atoms with E-state index in [1.165, 1.54) is 4.90 Å². The lowest BCUT2D eigenvalue weighted by molar-refractivity contribution is -0.120. The molecule has 0 saturated heterocycles. The molecule has 3 aromatic carbocycles. The number of methoxy groups -OCH3 is 1. The van der Waals surface area contributed by atoms with Crippen LogP contribution in [-0.2, 0) is 9.59 Å². The van der Waals surface area contributed by atoms with Crippen LogP contribution < -0.4 is 15.0 Å².